The van der Waals surface area contributed by atoms with E-state index in [0.717, 1.165) is 37.4 Å². The Bertz CT molecular complexity index is 790. The summed E-state index contributed by atoms with van der Waals surface area (Å²) in [5.74, 6) is -0.340. The van der Waals surface area contributed by atoms with Crippen LogP contribution in [0.4, 0.5) is 15.8 Å². The second-order valence-corrected chi connectivity index (χ2v) is 7.28. The van der Waals surface area contributed by atoms with Crippen LogP contribution in [0.25, 0.3) is 0 Å². The summed E-state index contributed by atoms with van der Waals surface area (Å²) in [4.78, 5) is 15.8. The summed E-state index contributed by atoms with van der Waals surface area (Å²) in [5, 5.41) is 3.75. The molecule has 4 nitrogen and oxygen atoms in total. The molecule has 1 saturated heterocycles. The van der Waals surface area contributed by atoms with E-state index < -0.39 is 0 Å². The van der Waals surface area contributed by atoms with Crippen molar-refractivity contribution in [3.63, 3.8) is 0 Å². The molecular weight excluding hydrogens is 376 g/mol. The zero-order valence-electron chi connectivity index (χ0n) is 14.5. The lowest BCUT2D eigenvalue weighted by molar-refractivity contribution is -0.892. The van der Waals surface area contributed by atoms with Gasteiger partial charge in [-0.25, -0.2) is 4.39 Å². The second kappa shape index (κ2) is 8.25. The first-order chi connectivity index (χ1) is 12.4. The molecular formula is C19H21Cl2FN3O+. The Kier molecular flexibility index (Phi) is 6.01. The van der Waals surface area contributed by atoms with Crippen LogP contribution in [0.2, 0.25) is 10.0 Å². The van der Waals surface area contributed by atoms with Crippen LogP contribution < -0.4 is 15.1 Å². The number of carbonyl (C=O) groups excluding carboxylic acids is 1. The molecule has 2 N–H and O–H groups in total. The van der Waals surface area contributed by atoms with E-state index in [1.54, 1.807) is 18.2 Å². The Hall–Kier alpha value is -1.82. The van der Waals surface area contributed by atoms with E-state index in [0.29, 0.717) is 22.3 Å². The highest BCUT2D eigenvalue weighted by molar-refractivity contribution is 6.40. The fourth-order valence-electron chi connectivity index (χ4n) is 3.09. The van der Waals surface area contributed by atoms with Gasteiger partial charge in [0.05, 0.1) is 41.9 Å². The molecule has 1 fully saturated rings. The number of quaternary nitrogens is 1. The average molecular weight is 397 g/mol. The maximum absolute atomic E-state index is 13.0. The van der Waals surface area contributed by atoms with Gasteiger partial charge < -0.3 is 15.1 Å². The van der Waals surface area contributed by atoms with E-state index in [9.17, 15) is 9.18 Å². The normalized spacial score (nSPS) is 15.2. The minimum absolute atomic E-state index is 0.107. The first-order valence-corrected chi connectivity index (χ1v) is 9.28. The van der Waals surface area contributed by atoms with Crippen molar-refractivity contribution in [2.75, 3.05) is 42.9 Å². The number of amides is 1. The van der Waals surface area contributed by atoms with Gasteiger partial charge in [-0.05, 0) is 42.8 Å². The second-order valence-electron chi connectivity index (χ2n) is 6.49. The lowest BCUT2D eigenvalue weighted by Crippen LogP contribution is -3.15. The predicted molar refractivity (Wildman–Crippen MR) is 104 cm³/mol. The van der Waals surface area contributed by atoms with Crippen LogP contribution in [0, 0.1) is 12.7 Å². The summed E-state index contributed by atoms with van der Waals surface area (Å²) in [7, 11) is 0. The molecule has 0 spiro atoms. The number of benzene rings is 2. The lowest BCUT2D eigenvalue weighted by Gasteiger charge is -2.33. The van der Waals surface area contributed by atoms with Gasteiger partial charge in [0, 0.05) is 5.69 Å². The maximum atomic E-state index is 13.0. The summed E-state index contributed by atoms with van der Waals surface area (Å²) in [6, 6.07) is 10.1. The number of piperazine rings is 1. The largest absolute Gasteiger partial charge is 0.360 e. The molecule has 0 saturated carbocycles. The Balaban J connectivity index is 1.54. The smallest absolute Gasteiger partial charge is 0.279 e. The van der Waals surface area contributed by atoms with E-state index >= 15 is 0 Å². The highest BCUT2D eigenvalue weighted by Gasteiger charge is 2.23. The van der Waals surface area contributed by atoms with Crippen molar-refractivity contribution in [1.29, 1.82) is 0 Å². The fourth-order valence-corrected chi connectivity index (χ4v) is 3.56. The molecule has 0 radical (unpaired) electrons. The lowest BCUT2D eigenvalue weighted by atomic mass is 10.2. The van der Waals surface area contributed by atoms with Gasteiger partial charge in [0.15, 0.2) is 6.54 Å². The van der Waals surface area contributed by atoms with Crippen molar-refractivity contribution in [3.05, 3.63) is 57.8 Å². The third kappa shape index (κ3) is 4.47. The average Bonchev–Trinajstić information content (AvgIpc) is 2.63. The first-order valence-electron chi connectivity index (χ1n) is 8.52. The van der Waals surface area contributed by atoms with Gasteiger partial charge in [0.25, 0.3) is 5.91 Å². The van der Waals surface area contributed by atoms with Crippen LogP contribution in [0.1, 0.15) is 5.56 Å². The van der Waals surface area contributed by atoms with E-state index in [4.69, 9.17) is 23.2 Å². The molecule has 0 aromatic heterocycles. The Morgan fingerprint density at radius 1 is 1.15 bits per heavy atom. The van der Waals surface area contributed by atoms with Crippen molar-refractivity contribution >= 4 is 40.5 Å². The molecule has 1 amide bonds. The van der Waals surface area contributed by atoms with Crippen molar-refractivity contribution in [1.82, 2.24) is 0 Å². The summed E-state index contributed by atoms with van der Waals surface area (Å²) >= 11 is 12.4. The number of halogens is 3. The molecule has 0 bridgehead atoms. The van der Waals surface area contributed by atoms with Crippen LogP contribution >= 0.6 is 23.2 Å². The van der Waals surface area contributed by atoms with Crippen molar-refractivity contribution in [3.8, 4) is 0 Å². The molecule has 7 heteroatoms. The molecule has 2 aromatic rings. The number of rotatable bonds is 4. The zero-order valence-corrected chi connectivity index (χ0v) is 16.0. The molecule has 3 rings (SSSR count). The number of nitrogens with zero attached hydrogens (tertiary/aromatic N) is 1. The van der Waals surface area contributed by atoms with Gasteiger partial charge >= 0.3 is 0 Å². The SMILES string of the molecule is Cc1ccc(Cl)c(NC(=O)C[NH+]2CCN(c3ccc(F)cc3)CC2)c1Cl. The summed E-state index contributed by atoms with van der Waals surface area (Å²) in [6.07, 6.45) is 0. The van der Waals surface area contributed by atoms with E-state index in [1.165, 1.54) is 17.0 Å². The molecule has 0 atom stereocenters. The molecule has 2 aromatic carbocycles. The standard InChI is InChI=1S/C19H20Cl2FN3O/c1-13-2-7-16(20)19(18(13)21)23-17(26)12-24-8-10-25(11-9-24)15-5-3-14(22)4-6-15/h2-7H,8-12H2,1H3,(H,23,26)/p+1. The monoisotopic (exact) mass is 396 g/mol. The minimum Gasteiger partial charge on any atom is -0.360 e. The molecule has 138 valence electrons. The maximum Gasteiger partial charge on any atom is 0.279 e. The molecule has 1 aliphatic rings. The summed E-state index contributed by atoms with van der Waals surface area (Å²) < 4.78 is 13.0. The number of nitrogens with one attached hydrogen (secondary N) is 2. The van der Waals surface area contributed by atoms with E-state index in [1.807, 2.05) is 13.0 Å². The predicted octanol–water partition coefficient (Wildman–Crippen LogP) is 2.78. The van der Waals surface area contributed by atoms with Crippen molar-refractivity contribution < 1.29 is 14.1 Å². The zero-order chi connectivity index (χ0) is 18.7. The topological polar surface area (TPSA) is 36.8 Å². The molecule has 1 aliphatic heterocycles. The van der Waals surface area contributed by atoms with Crippen LogP contribution in [0.15, 0.2) is 36.4 Å². The summed E-state index contributed by atoms with van der Waals surface area (Å²) in [5.41, 5.74) is 2.35. The van der Waals surface area contributed by atoms with Gasteiger partial charge in [-0.1, -0.05) is 29.3 Å². The van der Waals surface area contributed by atoms with Crippen molar-refractivity contribution in [2.24, 2.45) is 0 Å². The minimum atomic E-state index is -0.233. The van der Waals surface area contributed by atoms with E-state index in [-0.39, 0.29) is 11.7 Å². The quantitative estimate of drug-likeness (QED) is 0.833. The van der Waals surface area contributed by atoms with Crippen LogP contribution in [-0.4, -0.2) is 38.6 Å². The highest BCUT2D eigenvalue weighted by atomic mass is 35.5. The summed E-state index contributed by atoms with van der Waals surface area (Å²) in [6.45, 7) is 5.53. The molecule has 0 unspecified atom stereocenters. The number of hydrogen-bond donors (Lipinski definition) is 2. The van der Waals surface area contributed by atoms with Gasteiger partial charge in [-0.2, -0.15) is 0 Å². The molecule has 1 heterocycles. The van der Waals surface area contributed by atoms with Crippen LogP contribution in [0.3, 0.4) is 0 Å². The van der Waals surface area contributed by atoms with Gasteiger partial charge in [-0.15, -0.1) is 0 Å². The van der Waals surface area contributed by atoms with Gasteiger partial charge in [0.1, 0.15) is 5.82 Å². The Morgan fingerprint density at radius 3 is 2.46 bits per heavy atom. The van der Waals surface area contributed by atoms with Crippen LogP contribution in [0.5, 0.6) is 0 Å². The van der Waals surface area contributed by atoms with Crippen molar-refractivity contribution in [2.45, 2.75) is 6.92 Å². The third-order valence-electron chi connectivity index (χ3n) is 4.62. The fraction of sp³-hybridized carbons (Fsp3) is 0.316. The number of hydrogen-bond acceptors (Lipinski definition) is 2. The number of anilines is 2. The number of aryl methyl sites for hydroxylation is 1. The van der Waals surface area contributed by atoms with Crippen LogP contribution in [-0.2, 0) is 4.79 Å². The van der Waals surface area contributed by atoms with Gasteiger partial charge in [0.2, 0.25) is 0 Å². The number of carbonyl (C=O) groups is 1. The third-order valence-corrected chi connectivity index (χ3v) is 5.42. The Labute approximate surface area is 162 Å². The Morgan fingerprint density at radius 2 is 1.81 bits per heavy atom. The van der Waals surface area contributed by atoms with E-state index in [2.05, 4.69) is 10.2 Å². The first kappa shape index (κ1) is 19.0. The molecule has 0 aliphatic carbocycles. The highest BCUT2D eigenvalue weighted by Crippen LogP contribution is 2.32. The van der Waals surface area contributed by atoms with Gasteiger partial charge in [-0.3, -0.25) is 4.79 Å². The molecule has 26 heavy (non-hydrogen) atoms.